The Labute approximate surface area is 140 Å². The second kappa shape index (κ2) is 3.79. The fourth-order valence-corrected chi connectivity index (χ4v) is 26.9. The van der Waals surface area contributed by atoms with Crippen LogP contribution in [0.4, 0.5) is 0 Å². The fraction of sp³-hybridized carbons (Fsp3) is 0.789. The molecule has 3 heteroatoms. The third kappa shape index (κ3) is 1.21. The molecule has 0 nitrogen and oxygen atoms in total. The van der Waals surface area contributed by atoms with Crippen LogP contribution < -0.4 is 0 Å². The van der Waals surface area contributed by atoms with E-state index in [4.69, 9.17) is 0 Å². The molecule has 122 valence electrons. The minimum absolute atomic E-state index is 0.0370. The lowest BCUT2D eigenvalue weighted by Gasteiger charge is -2.52. The highest BCUT2D eigenvalue weighted by Crippen LogP contribution is 3.20. The highest BCUT2D eigenvalue weighted by Gasteiger charge is 2.97. The van der Waals surface area contributed by atoms with Crippen molar-refractivity contribution in [3.8, 4) is 0 Å². The predicted molar refractivity (Wildman–Crippen MR) is 106 cm³/mol. The molecule has 0 aromatic heterocycles. The molecule has 5 aliphatic heterocycles. The van der Waals surface area contributed by atoms with E-state index in [1.165, 1.54) is 0 Å². The molecule has 0 N–H and O–H groups in total. The van der Waals surface area contributed by atoms with Crippen LogP contribution in [0.25, 0.3) is 0 Å². The van der Waals surface area contributed by atoms with E-state index in [0.717, 1.165) is 0 Å². The van der Waals surface area contributed by atoms with E-state index in [1.54, 1.807) is 0 Å². The topological polar surface area (TPSA) is 0 Å². The molecule has 0 amide bonds. The largest absolute Gasteiger partial charge is 0.0681 e. The Balaban J connectivity index is 2.06. The van der Waals surface area contributed by atoms with Crippen molar-refractivity contribution in [3.63, 3.8) is 0 Å². The van der Waals surface area contributed by atoms with E-state index < -0.39 is 0 Å². The molecule has 4 atom stereocenters. The first-order valence-electron chi connectivity index (χ1n) is 8.57. The van der Waals surface area contributed by atoms with Crippen molar-refractivity contribution < 1.29 is 0 Å². The van der Waals surface area contributed by atoms with Crippen LogP contribution in [0.5, 0.6) is 0 Å². The number of allylic oxidation sites excluding steroid dienone is 1. The van der Waals surface area contributed by atoms with Gasteiger partial charge in [-0.25, -0.2) is 0 Å². The average Bonchev–Trinajstić information content (AvgIpc) is 2.76. The molecule has 5 rings (SSSR count). The standard InChI is InChI=1S/C19H31P3/c1-14(2,3)17-10-11-22-18(15(4,5)6)19(22,16(7,8)9)21(17)13-12-20(17)18/h10-13H,1-9H3. The van der Waals surface area contributed by atoms with Gasteiger partial charge in [0.15, 0.2) is 0 Å². The van der Waals surface area contributed by atoms with Crippen LogP contribution in [0.1, 0.15) is 62.3 Å². The van der Waals surface area contributed by atoms with Gasteiger partial charge >= 0.3 is 0 Å². The zero-order valence-electron chi connectivity index (χ0n) is 15.7. The molecule has 6 bridgehead atoms. The van der Waals surface area contributed by atoms with Crippen LogP contribution in [-0.2, 0) is 0 Å². The third-order valence-electron chi connectivity index (χ3n) is 6.58. The number of hydrogen-bond acceptors (Lipinski definition) is 0. The van der Waals surface area contributed by atoms with Gasteiger partial charge in [0.2, 0.25) is 0 Å². The molecule has 0 saturated carbocycles. The molecule has 0 spiro atoms. The lowest BCUT2D eigenvalue weighted by atomic mass is 9.80. The van der Waals surface area contributed by atoms with Gasteiger partial charge in [-0.1, -0.05) is 110 Å². The Morgan fingerprint density at radius 1 is 0.545 bits per heavy atom. The third-order valence-corrected chi connectivity index (χ3v) is 22.3. The molecule has 0 radical (unpaired) electrons. The molecule has 2 saturated heterocycles. The van der Waals surface area contributed by atoms with Crippen molar-refractivity contribution in [1.29, 1.82) is 0 Å². The van der Waals surface area contributed by atoms with Crippen molar-refractivity contribution in [1.82, 2.24) is 0 Å². The monoisotopic (exact) mass is 352 g/mol. The maximum Gasteiger partial charge on any atom is 0.0422 e. The maximum absolute atomic E-state index is 2.74. The molecular weight excluding hydrogens is 321 g/mol. The van der Waals surface area contributed by atoms with E-state index in [0.29, 0.717) is 30.9 Å². The van der Waals surface area contributed by atoms with Gasteiger partial charge in [0.25, 0.3) is 0 Å². The second-order valence-corrected chi connectivity index (χ2v) is 18.8. The first-order valence-corrected chi connectivity index (χ1v) is 12.8. The van der Waals surface area contributed by atoms with Gasteiger partial charge in [-0.15, -0.1) is 0 Å². The molecule has 0 aromatic rings. The van der Waals surface area contributed by atoms with Crippen LogP contribution in [-0.4, -0.2) is 14.7 Å². The van der Waals surface area contributed by atoms with Gasteiger partial charge < -0.3 is 0 Å². The van der Waals surface area contributed by atoms with Crippen molar-refractivity contribution in [2.45, 2.75) is 77.0 Å². The molecule has 5 aliphatic rings. The average molecular weight is 352 g/mol. The zero-order chi connectivity index (χ0) is 16.6. The van der Waals surface area contributed by atoms with Crippen LogP contribution in [0.2, 0.25) is 0 Å². The molecule has 4 unspecified atom stereocenters. The van der Waals surface area contributed by atoms with Gasteiger partial charge in [0, 0.05) is 14.7 Å². The highest BCUT2D eigenvalue weighted by atomic mass is 31.2. The SMILES string of the molecule is CC(C)(C)C12C=CP3C4(C(C)(C)C)P1C=CP2C34C(C)(C)C. The van der Waals surface area contributed by atoms with E-state index in [9.17, 15) is 0 Å². The smallest absolute Gasteiger partial charge is 0.0422 e. The van der Waals surface area contributed by atoms with Gasteiger partial charge in [0.05, 0.1) is 0 Å². The Bertz CT molecular complexity index is 572. The van der Waals surface area contributed by atoms with E-state index in [2.05, 4.69) is 85.8 Å². The first kappa shape index (κ1) is 16.2. The molecule has 22 heavy (non-hydrogen) atoms. The van der Waals surface area contributed by atoms with Crippen molar-refractivity contribution >= 4 is 23.8 Å². The summed E-state index contributed by atoms with van der Waals surface area (Å²) in [7, 11) is -0.0194. The Hall–Kier alpha value is 0.770. The second-order valence-electron chi connectivity index (χ2n) is 10.5. The molecule has 2 fully saturated rings. The van der Waals surface area contributed by atoms with Crippen molar-refractivity contribution in [2.24, 2.45) is 16.2 Å². The summed E-state index contributed by atoms with van der Waals surface area (Å²) in [5.74, 6) is 8.20. The molecule has 5 heterocycles. The summed E-state index contributed by atoms with van der Waals surface area (Å²) >= 11 is 0. The number of rotatable bonds is 0. The summed E-state index contributed by atoms with van der Waals surface area (Å²) in [6.45, 7) is 22.8. The summed E-state index contributed by atoms with van der Waals surface area (Å²) in [4.78, 5) is 1.71. The lowest BCUT2D eigenvalue weighted by molar-refractivity contribution is 0.294. The number of hydrogen-bond donors (Lipinski definition) is 0. The molecular formula is C19H31P3. The quantitative estimate of drug-likeness (QED) is 0.392. The Morgan fingerprint density at radius 3 is 1.27 bits per heavy atom. The van der Waals surface area contributed by atoms with Gasteiger partial charge in [-0.2, -0.15) is 0 Å². The maximum atomic E-state index is 2.74. The summed E-state index contributed by atoms with van der Waals surface area (Å²) in [5.41, 5.74) is 1.25. The first-order chi connectivity index (χ1) is 9.81. The Morgan fingerprint density at radius 2 is 0.955 bits per heavy atom. The van der Waals surface area contributed by atoms with Gasteiger partial charge in [-0.3, -0.25) is 0 Å². The predicted octanol–water partition coefficient (Wildman–Crippen LogP) is 7.70. The summed E-state index contributed by atoms with van der Waals surface area (Å²) < 4.78 is 0. The fourth-order valence-electron chi connectivity index (χ4n) is 6.13. The van der Waals surface area contributed by atoms with Crippen molar-refractivity contribution in [3.05, 3.63) is 23.5 Å². The summed E-state index contributed by atoms with van der Waals surface area (Å²) in [6.07, 6.45) is 2.73. The van der Waals surface area contributed by atoms with Crippen LogP contribution in [0.15, 0.2) is 23.5 Å². The van der Waals surface area contributed by atoms with E-state index in [1.807, 2.05) is 0 Å². The van der Waals surface area contributed by atoms with Crippen molar-refractivity contribution in [2.75, 3.05) is 0 Å². The normalized spacial score (nSPS) is 51.6. The minimum atomic E-state index is -0.0370. The lowest BCUT2D eigenvalue weighted by Crippen LogP contribution is -2.39. The minimum Gasteiger partial charge on any atom is -0.0681 e. The summed E-state index contributed by atoms with van der Waals surface area (Å²) in [6, 6.07) is 0. The van der Waals surface area contributed by atoms with Gasteiger partial charge in [-0.05, 0) is 16.2 Å². The highest BCUT2D eigenvalue weighted by molar-refractivity contribution is 8.09. The molecule has 0 aliphatic carbocycles. The Kier molecular flexibility index (Phi) is 2.80. The van der Waals surface area contributed by atoms with Crippen LogP contribution in [0.3, 0.4) is 0 Å². The molecule has 0 aromatic carbocycles. The van der Waals surface area contributed by atoms with Crippen LogP contribution >= 0.6 is 23.8 Å². The van der Waals surface area contributed by atoms with Gasteiger partial charge in [0.1, 0.15) is 0 Å². The van der Waals surface area contributed by atoms with E-state index in [-0.39, 0.29) is 23.8 Å². The van der Waals surface area contributed by atoms with Crippen LogP contribution in [0, 0.1) is 16.2 Å². The zero-order valence-corrected chi connectivity index (χ0v) is 18.3. The summed E-state index contributed by atoms with van der Waals surface area (Å²) in [5, 5.41) is 0. The van der Waals surface area contributed by atoms with E-state index >= 15 is 0 Å².